The van der Waals surface area contributed by atoms with Crippen molar-refractivity contribution in [2.24, 2.45) is 0 Å². The number of hydrogen-bond acceptors (Lipinski definition) is 3. The van der Waals surface area contributed by atoms with Gasteiger partial charge in [-0.3, -0.25) is 0 Å². The van der Waals surface area contributed by atoms with Gasteiger partial charge in [-0.2, -0.15) is 0 Å². The first kappa shape index (κ1) is 10.6. The molecule has 1 saturated heterocycles. The largest absolute Gasteiger partial charge is 0.369 e. The maximum absolute atomic E-state index is 5.73. The second kappa shape index (κ2) is 4.77. The van der Waals surface area contributed by atoms with Crippen LogP contribution in [0, 0.1) is 0 Å². The number of aromatic nitrogens is 2. The second-order valence-corrected chi connectivity index (χ2v) is 4.05. The Morgan fingerprint density at radius 3 is 3.27 bits per heavy atom. The van der Waals surface area contributed by atoms with Crippen LogP contribution in [0.3, 0.4) is 0 Å². The first-order valence-corrected chi connectivity index (χ1v) is 5.67. The van der Waals surface area contributed by atoms with E-state index in [2.05, 4.69) is 28.7 Å². The van der Waals surface area contributed by atoms with Gasteiger partial charge >= 0.3 is 0 Å². The summed E-state index contributed by atoms with van der Waals surface area (Å²) in [6.45, 7) is 7.03. The minimum absolute atomic E-state index is 0.162. The molecule has 0 radical (unpaired) electrons. The van der Waals surface area contributed by atoms with Crippen LogP contribution in [0.25, 0.3) is 0 Å². The number of hydrogen-bond donors (Lipinski definition) is 1. The third-order valence-corrected chi connectivity index (χ3v) is 3.02. The van der Waals surface area contributed by atoms with Crippen molar-refractivity contribution in [3.63, 3.8) is 0 Å². The van der Waals surface area contributed by atoms with E-state index in [4.69, 9.17) is 4.74 Å². The van der Waals surface area contributed by atoms with Crippen molar-refractivity contribution >= 4 is 0 Å². The van der Waals surface area contributed by atoms with E-state index < -0.39 is 0 Å². The standard InChI is InChI=1S/C11H19N3O/c1-3-9(2)14-8-13-6-10(14)11-7-12-4-5-15-11/h6,8-9,11-12H,3-5,7H2,1-2H3. The Balaban J connectivity index is 2.15. The molecule has 2 rings (SSSR count). The van der Waals surface area contributed by atoms with Crippen LogP contribution in [-0.2, 0) is 4.74 Å². The summed E-state index contributed by atoms with van der Waals surface area (Å²) in [7, 11) is 0. The molecule has 4 nitrogen and oxygen atoms in total. The van der Waals surface area contributed by atoms with E-state index in [0.29, 0.717) is 6.04 Å². The first-order valence-electron chi connectivity index (χ1n) is 5.67. The maximum Gasteiger partial charge on any atom is 0.111 e. The molecule has 0 aromatic carbocycles. The van der Waals surface area contributed by atoms with Crippen LogP contribution < -0.4 is 5.32 Å². The van der Waals surface area contributed by atoms with Crippen molar-refractivity contribution in [3.8, 4) is 0 Å². The van der Waals surface area contributed by atoms with Gasteiger partial charge in [0.2, 0.25) is 0 Å². The van der Waals surface area contributed by atoms with Gasteiger partial charge in [0.05, 0.1) is 24.8 Å². The van der Waals surface area contributed by atoms with Crippen LogP contribution in [0.1, 0.15) is 38.1 Å². The van der Waals surface area contributed by atoms with Gasteiger partial charge in [0, 0.05) is 19.1 Å². The lowest BCUT2D eigenvalue weighted by Crippen LogP contribution is -2.34. The van der Waals surface area contributed by atoms with Crippen molar-refractivity contribution in [1.82, 2.24) is 14.9 Å². The van der Waals surface area contributed by atoms with E-state index >= 15 is 0 Å². The summed E-state index contributed by atoms with van der Waals surface area (Å²) in [5, 5.41) is 3.34. The monoisotopic (exact) mass is 209 g/mol. The lowest BCUT2D eigenvalue weighted by molar-refractivity contribution is 0.0220. The Kier molecular flexibility index (Phi) is 3.38. The predicted octanol–water partition coefficient (Wildman–Crippen LogP) is 1.51. The molecule has 15 heavy (non-hydrogen) atoms. The fraction of sp³-hybridized carbons (Fsp3) is 0.727. The summed E-state index contributed by atoms with van der Waals surface area (Å²) >= 11 is 0. The Morgan fingerprint density at radius 1 is 1.73 bits per heavy atom. The summed E-state index contributed by atoms with van der Waals surface area (Å²) < 4.78 is 7.95. The van der Waals surface area contributed by atoms with Gasteiger partial charge < -0.3 is 14.6 Å². The molecular weight excluding hydrogens is 190 g/mol. The summed E-state index contributed by atoms with van der Waals surface area (Å²) in [6.07, 6.45) is 5.10. The van der Waals surface area contributed by atoms with Gasteiger partial charge in [-0.1, -0.05) is 6.92 Å². The van der Waals surface area contributed by atoms with Gasteiger partial charge in [0.1, 0.15) is 6.10 Å². The number of nitrogens with zero attached hydrogens (tertiary/aromatic N) is 2. The van der Waals surface area contributed by atoms with E-state index in [-0.39, 0.29) is 6.10 Å². The zero-order valence-corrected chi connectivity index (χ0v) is 9.44. The number of imidazole rings is 1. The Hall–Kier alpha value is -0.870. The number of rotatable bonds is 3. The van der Waals surface area contributed by atoms with Crippen LogP contribution in [0.2, 0.25) is 0 Å². The fourth-order valence-corrected chi connectivity index (χ4v) is 1.88. The van der Waals surface area contributed by atoms with Gasteiger partial charge in [0.25, 0.3) is 0 Å². The minimum atomic E-state index is 0.162. The van der Waals surface area contributed by atoms with E-state index in [1.165, 1.54) is 5.69 Å². The van der Waals surface area contributed by atoms with Crippen molar-refractivity contribution in [2.45, 2.75) is 32.4 Å². The van der Waals surface area contributed by atoms with Crippen LogP contribution in [0.5, 0.6) is 0 Å². The molecule has 1 aromatic heterocycles. The van der Waals surface area contributed by atoms with Crippen molar-refractivity contribution in [2.75, 3.05) is 19.7 Å². The van der Waals surface area contributed by atoms with Gasteiger partial charge in [-0.15, -0.1) is 0 Å². The molecule has 0 bridgehead atoms. The van der Waals surface area contributed by atoms with Gasteiger partial charge in [0.15, 0.2) is 0 Å². The molecule has 2 unspecified atom stereocenters. The Morgan fingerprint density at radius 2 is 2.60 bits per heavy atom. The molecule has 1 N–H and O–H groups in total. The Labute approximate surface area is 90.6 Å². The molecule has 2 heterocycles. The molecule has 0 saturated carbocycles. The second-order valence-electron chi connectivity index (χ2n) is 4.05. The van der Waals surface area contributed by atoms with E-state index in [0.717, 1.165) is 26.1 Å². The summed E-state index contributed by atoms with van der Waals surface area (Å²) in [5.41, 5.74) is 1.19. The van der Waals surface area contributed by atoms with Crippen molar-refractivity contribution in [3.05, 3.63) is 18.2 Å². The summed E-state index contributed by atoms with van der Waals surface area (Å²) in [5.74, 6) is 0. The van der Waals surface area contributed by atoms with Crippen molar-refractivity contribution in [1.29, 1.82) is 0 Å². The predicted molar refractivity (Wildman–Crippen MR) is 58.8 cm³/mol. The number of ether oxygens (including phenoxy) is 1. The fourth-order valence-electron chi connectivity index (χ4n) is 1.88. The molecule has 84 valence electrons. The minimum Gasteiger partial charge on any atom is -0.369 e. The topological polar surface area (TPSA) is 39.1 Å². The van der Waals surface area contributed by atoms with Crippen LogP contribution >= 0.6 is 0 Å². The molecule has 1 aromatic rings. The van der Waals surface area contributed by atoms with Gasteiger partial charge in [-0.25, -0.2) is 4.98 Å². The molecular formula is C11H19N3O. The molecule has 1 aliphatic heterocycles. The normalized spacial score (nSPS) is 24.0. The highest BCUT2D eigenvalue weighted by atomic mass is 16.5. The lowest BCUT2D eigenvalue weighted by atomic mass is 10.2. The van der Waals surface area contributed by atoms with E-state index in [9.17, 15) is 0 Å². The number of nitrogens with one attached hydrogen (secondary N) is 1. The molecule has 0 spiro atoms. The number of morpholine rings is 1. The average Bonchev–Trinajstić information content (AvgIpc) is 2.78. The smallest absolute Gasteiger partial charge is 0.111 e. The average molecular weight is 209 g/mol. The highest BCUT2D eigenvalue weighted by molar-refractivity contribution is 5.06. The molecule has 2 atom stereocenters. The highest BCUT2D eigenvalue weighted by Gasteiger charge is 2.20. The van der Waals surface area contributed by atoms with Crippen molar-refractivity contribution < 1.29 is 4.74 Å². The van der Waals surface area contributed by atoms with E-state index in [1.807, 2.05) is 12.5 Å². The zero-order valence-electron chi connectivity index (χ0n) is 9.44. The van der Waals surface area contributed by atoms with E-state index in [1.54, 1.807) is 0 Å². The van der Waals surface area contributed by atoms with Crippen LogP contribution in [0.4, 0.5) is 0 Å². The third-order valence-electron chi connectivity index (χ3n) is 3.02. The third kappa shape index (κ3) is 2.21. The van der Waals surface area contributed by atoms with Crippen LogP contribution in [0.15, 0.2) is 12.5 Å². The molecule has 0 amide bonds. The lowest BCUT2D eigenvalue weighted by Gasteiger charge is -2.26. The Bertz CT molecular complexity index is 305. The van der Waals surface area contributed by atoms with Crippen LogP contribution in [-0.4, -0.2) is 29.2 Å². The summed E-state index contributed by atoms with van der Waals surface area (Å²) in [6, 6.07) is 0.494. The first-order chi connectivity index (χ1) is 7.33. The molecule has 1 aliphatic rings. The zero-order chi connectivity index (χ0) is 10.7. The molecule has 1 fully saturated rings. The highest BCUT2D eigenvalue weighted by Crippen LogP contribution is 2.22. The molecule has 4 heteroatoms. The maximum atomic E-state index is 5.73. The molecule has 0 aliphatic carbocycles. The SMILES string of the molecule is CCC(C)n1cncc1C1CNCCO1. The summed E-state index contributed by atoms with van der Waals surface area (Å²) in [4.78, 5) is 4.22. The van der Waals surface area contributed by atoms with Gasteiger partial charge in [-0.05, 0) is 13.3 Å². The quantitative estimate of drug-likeness (QED) is 0.820.